The van der Waals surface area contributed by atoms with Gasteiger partial charge in [0, 0.05) is 19.1 Å². The molecule has 0 spiro atoms. The Kier molecular flexibility index (Phi) is 7.04. The van der Waals surface area contributed by atoms with Crippen LogP contribution >= 0.6 is 0 Å². The van der Waals surface area contributed by atoms with Crippen molar-refractivity contribution < 1.29 is 0 Å². The summed E-state index contributed by atoms with van der Waals surface area (Å²) in [5.74, 6) is 5.98. The quantitative estimate of drug-likeness (QED) is 0.528. The molecular weight excluding hydrogens is 292 g/mol. The molecule has 4 aliphatic carbocycles. The highest BCUT2D eigenvalue weighted by atomic mass is 15.0. The Morgan fingerprint density at radius 2 is 1.42 bits per heavy atom. The van der Waals surface area contributed by atoms with E-state index in [1.54, 1.807) is 6.42 Å². The van der Waals surface area contributed by atoms with Crippen molar-refractivity contribution in [2.24, 2.45) is 35.5 Å². The van der Waals surface area contributed by atoms with Crippen LogP contribution in [0.1, 0.15) is 78.6 Å². The maximum atomic E-state index is 3.94. The van der Waals surface area contributed by atoms with E-state index in [-0.39, 0.29) is 0 Å². The van der Waals surface area contributed by atoms with Crippen molar-refractivity contribution in [3.8, 4) is 0 Å². The third-order valence-corrected chi connectivity index (χ3v) is 7.20. The smallest absolute Gasteiger partial charge is 0.0124 e. The fourth-order valence-electron chi connectivity index (χ4n) is 6.08. The maximum absolute atomic E-state index is 3.94. The van der Waals surface area contributed by atoms with Crippen LogP contribution in [0.15, 0.2) is 0 Å². The summed E-state index contributed by atoms with van der Waals surface area (Å²) in [7, 11) is 0. The lowest BCUT2D eigenvalue weighted by atomic mass is 9.54. The molecule has 0 amide bonds. The number of nitrogens with one attached hydrogen (secondary N) is 2. The van der Waals surface area contributed by atoms with Gasteiger partial charge in [-0.05, 0) is 80.6 Å². The highest BCUT2D eigenvalue weighted by Gasteiger charge is 2.47. The van der Waals surface area contributed by atoms with Crippen LogP contribution in [0.25, 0.3) is 0 Å². The largest absolute Gasteiger partial charge is 0.315 e. The second-order valence-electron chi connectivity index (χ2n) is 9.88. The molecule has 1 atom stereocenters. The predicted molar refractivity (Wildman–Crippen MR) is 104 cm³/mol. The van der Waals surface area contributed by atoms with E-state index in [0.29, 0.717) is 0 Å². The first kappa shape index (κ1) is 18.7. The van der Waals surface area contributed by atoms with Gasteiger partial charge in [-0.1, -0.05) is 40.0 Å². The molecule has 0 saturated heterocycles. The van der Waals surface area contributed by atoms with Gasteiger partial charge in [-0.25, -0.2) is 0 Å². The Labute approximate surface area is 150 Å². The lowest BCUT2D eigenvalue weighted by Crippen LogP contribution is -2.55. The first-order valence-electron chi connectivity index (χ1n) is 11.1. The molecule has 4 fully saturated rings. The lowest BCUT2D eigenvalue weighted by Gasteiger charge is -2.54. The summed E-state index contributed by atoms with van der Waals surface area (Å²) < 4.78 is 0. The summed E-state index contributed by atoms with van der Waals surface area (Å²) in [5.41, 5.74) is 0. The standard InChI is InChI=1S/C22H42N2/c1-16(2)5-4-6-17(3)7-8-23-9-10-24-22-20-12-18-11-19(14-20)15-21(22)13-18/h16-24H,4-15H2,1-3H3. The Balaban J connectivity index is 1.21. The Morgan fingerprint density at radius 1 is 0.750 bits per heavy atom. The molecule has 0 aliphatic heterocycles. The maximum Gasteiger partial charge on any atom is 0.0124 e. The summed E-state index contributed by atoms with van der Waals surface area (Å²) in [6.45, 7) is 10.6. The molecule has 0 aromatic carbocycles. The van der Waals surface area contributed by atoms with Crippen LogP contribution in [0.4, 0.5) is 0 Å². The highest BCUT2D eigenvalue weighted by Crippen LogP contribution is 2.53. The van der Waals surface area contributed by atoms with Crippen molar-refractivity contribution in [1.82, 2.24) is 10.6 Å². The summed E-state index contributed by atoms with van der Waals surface area (Å²) >= 11 is 0. The molecule has 0 radical (unpaired) electrons. The molecule has 2 heteroatoms. The van der Waals surface area contributed by atoms with Gasteiger partial charge < -0.3 is 10.6 Å². The molecule has 4 saturated carbocycles. The van der Waals surface area contributed by atoms with E-state index < -0.39 is 0 Å². The van der Waals surface area contributed by atoms with Gasteiger partial charge in [0.15, 0.2) is 0 Å². The SMILES string of the molecule is CC(C)CCCC(C)CCNCCNC1C2CC3CC(C2)CC1C3. The van der Waals surface area contributed by atoms with E-state index in [0.717, 1.165) is 48.1 Å². The summed E-state index contributed by atoms with van der Waals surface area (Å²) in [6, 6.07) is 0.856. The summed E-state index contributed by atoms with van der Waals surface area (Å²) in [5, 5.41) is 7.61. The molecule has 4 rings (SSSR count). The molecule has 2 N–H and O–H groups in total. The Morgan fingerprint density at radius 3 is 2.04 bits per heavy atom. The van der Waals surface area contributed by atoms with Gasteiger partial charge in [-0.3, -0.25) is 0 Å². The zero-order chi connectivity index (χ0) is 16.9. The number of rotatable bonds is 11. The van der Waals surface area contributed by atoms with Crippen molar-refractivity contribution in [3.63, 3.8) is 0 Å². The molecule has 1 unspecified atom stereocenters. The van der Waals surface area contributed by atoms with E-state index >= 15 is 0 Å². The second-order valence-corrected chi connectivity index (χ2v) is 9.88. The van der Waals surface area contributed by atoms with Crippen LogP contribution in [0.5, 0.6) is 0 Å². The highest BCUT2D eigenvalue weighted by molar-refractivity contribution is 5.01. The monoisotopic (exact) mass is 334 g/mol. The van der Waals surface area contributed by atoms with Crippen LogP contribution in [-0.2, 0) is 0 Å². The van der Waals surface area contributed by atoms with E-state index in [1.165, 1.54) is 64.5 Å². The van der Waals surface area contributed by atoms with Gasteiger partial charge in [0.2, 0.25) is 0 Å². The molecule has 0 aromatic heterocycles. The zero-order valence-electron chi connectivity index (χ0n) is 16.5. The van der Waals surface area contributed by atoms with Crippen LogP contribution < -0.4 is 10.6 Å². The van der Waals surface area contributed by atoms with Gasteiger partial charge in [0.1, 0.15) is 0 Å². The average Bonchev–Trinajstić information content (AvgIpc) is 2.51. The minimum atomic E-state index is 0.856. The van der Waals surface area contributed by atoms with Gasteiger partial charge in [-0.15, -0.1) is 0 Å². The zero-order valence-corrected chi connectivity index (χ0v) is 16.5. The molecule has 0 aromatic rings. The van der Waals surface area contributed by atoms with Crippen LogP contribution in [0.2, 0.25) is 0 Å². The van der Waals surface area contributed by atoms with Crippen molar-refractivity contribution >= 4 is 0 Å². The third kappa shape index (κ3) is 5.21. The Bertz CT molecular complexity index is 337. The van der Waals surface area contributed by atoms with Gasteiger partial charge in [-0.2, -0.15) is 0 Å². The fraction of sp³-hybridized carbons (Fsp3) is 1.00. The Hall–Kier alpha value is -0.0800. The van der Waals surface area contributed by atoms with E-state index in [4.69, 9.17) is 0 Å². The minimum Gasteiger partial charge on any atom is -0.315 e. The lowest BCUT2D eigenvalue weighted by molar-refractivity contribution is -0.0133. The third-order valence-electron chi connectivity index (χ3n) is 7.20. The van der Waals surface area contributed by atoms with E-state index in [9.17, 15) is 0 Å². The van der Waals surface area contributed by atoms with Crippen LogP contribution in [0, 0.1) is 35.5 Å². The van der Waals surface area contributed by atoms with E-state index in [2.05, 4.69) is 31.4 Å². The topological polar surface area (TPSA) is 24.1 Å². The van der Waals surface area contributed by atoms with Crippen molar-refractivity contribution in [3.05, 3.63) is 0 Å². The number of hydrogen-bond donors (Lipinski definition) is 2. The van der Waals surface area contributed by atoms with Gasteiger partial charge in [0.05, 0.1) is 0 Å². The number of hydrogen-bond acceptors (Lipinski definition) is 2. The molecule has 2 nitrogen and oxygen atoms in total. The predicted octanol–water partition coefficient (Wildman–Crippen LogP) is 4.84. The summed E-state index contributed by atoms with van der Waals surface area (Å²) in [6.07, 6.45) is 13.3. The second kappa shape index (κ2) is 9.03. The average molecular weight is 335 g/mol. The summed E-state index contributed by atoms with van der Waals surface area (Å²) in [4.78, 5) is 0. The first-order valence-corrected chi connectivity index (χ1v) is 11.1. The van der Waals surface area contributed by atoms with Crippen LogP contribution in [-0.4, -0.2) is 25.7 Å². The normalized spacial score (nSPS) is 35.8. The van der Waals surface area contributed by atoms with Gasteiger partial charge in [0.25, 0.3) is 0 Å². The van der Waals surface area contributed by atoms with Crippen LogP contribution in [0.3, 0.4) is 0 Å². The van der Waals surface area contributed by atoms with Crippen molar-refractivity contribution in [2.45, 2.75) is 84.6 Å². The van der Waals surface area contributed by atoms with Crippen molar-refractivity contribution in [1.29, 1.82) is 0 Å². The molecule has 140 valence electrons. The first-order chi connectivity index (χ1) is 11.6. The minimum absolute atomic E-state index is 0.856. The molecule has 4 bridgehead atoms. The van der Waals surface area contributed by atoms with Crippen molar-refractivity contribution in [2.75, 3.05) is 19.6 Å². The molecule has 0 heterocycles. The van der Waals surface area contributed by atoms with Gasteiger partial charge >= 0.3 is 0 Å². The molecule has 4 aliphatic rings. The van der Waals surface area contributed by atoms with E-state index in [1.807, 2.05) is 0 Å². The molecule has 24 heavy (non-hydrogen) atoms. The molecular formula is C22H42N2. The fourth-order valence-corrected chi connectivity index (χ4v) is 6.08.